The molecule has 0 aromatic carbocycles. The van der Waals surface area contributed by atoms with Crippen LogP contribution in [0.3, 0.4) is 0 Å². The number of rotatable bonds is 0. The Hall–Kier alpha value is 2.30. The molecule has 0 aliphatic carbocycles. The second-order valence-corrected chi connectivity index (χ2v) is 4.50. The fraction of sp³-hybridized carbons (Fsp3) is 0. The van der Waals surface area contributed by atoms with Crippen LogP contribution in [0.4, 0.5) is 0 Å². The minimum atomic E-state index is 1.33. The van der Waals surface area contributed by atoms with E-state index in [1.807, 2.05) is 0 Å². The van der Waals surface area contributed by atoms with Gasteiger partial charge in [0.25, 0.3) is 0 Å². The summed E-state index contributed by atoms with van der Waals surface area (Å²) in [5, 5.41) is 0. The van der Waals surface area contributed by atoms with E-state index in [9.17, 15) is 0 Å². The molecule has 2 radical (unpaired) electrons. The number of hydrogen-bond acceptors (Lipinski definition) is 2. The topological polar surface area (TPSA) is 0 Å². The maximum absolute atomic E-state index is 4.33. The van der Waals surface area contributed by atoms with Gasteiger partial charge in [0.2, 0.25) is 0 Å². The van der Waals surface area contributed by atoms with Crippen molar-refractivity contribution in [3.05, 3.63) is 0 Å². The Morgan fingerprint density at radius 2 is 1.40 bits per heavy atom. The van der Waals surface area contributed by atoms with Crippen LogP contribution in [-0.2, 0) is 18.1 Å². The Morgan fingerprint density at radius 1 is 1.40 bits per heavy atom. The number of hydrogen-bond donors (Lipinski definition) is 0. The molecule has 0 unspecified atom stereocenters. The van der Waals surface area contributed by atoms with E-state index in [0.717, 1.165) is 0 Å². The summed E-state index contributed by atoms with van der Waals surface area (Å²) in [5.41, 5.74) is 0. The average molecular weight is 340 g/mol. The minimum absolute atomic E-state index is 1.33. The molecule has 0 atom stereocenters. The predicted molar refractivity (Wildman–Crippen MR) is 33.8 cm³/mol. The summed E-state index contributed by atoms with van der Waals surface area (Å²) in [6, 6.07) is 0. The van der Waals surface area contributed by atoms with Crippen molar-refractivity contribution in [1.82, 2.24) is 0 Å². The van der Waals surface area contributed by atoms with Crippen molar-refractivity contribution in [1.29, 1.82) is 0 Å². The van der Waals surface area contributed by atoms with E-state index in [1.165, 1.54) is 27.9 Å². The fourth-order valence-corrected chi connectivity index (χ4v) is 0. The van der Waals surface area contributed by atoms with Gasteiger partial charge in [0.15, 0.2) is 0 Å². The van der Waals surface area contributed by atoms with Crippen molar-refractivity contribution in [2.75, 3.05) is 0 Å². The molecule has 0 N–H and O–H groups in total. The van der Waals surface area contributed by atoms with Gasteiger partial charge in [0, 0.05) is 0 Å². The summed E-state index contributed by atoms with van der Waals surface area (Å²) in [6.45, 7) is 1.38. The van der Waals surface area contributed by atoms with E-state index < -0.39 is 0 Å². The summed E-state index contributed by atoms with van der Waals surface area (Å²) in [4.78, 5) is 0. The van der Waals surface area contributed by atoms with Gasteiger partial charge in [0.1, 0.15) is 0 Å². The zero-order valence-electron chi connectivity index (χ0n) is 2.12. The molecular weight excluding hydrogens is 340 g/mol. The molecular formula is S3Sb2. The third kappa shape index (κ3) is 22.0. The first-order valence-electron chi connectivity index (χ1n) is 0.532. The van der Waals surface area contributed by atoms with E-state index in [0.29, 0.717) is 0 Å². The third-order valence-corrected chi connectivity index (χ3v) is 0. The molecule has 0 aromatic rings. The standard InChI is InChI=1S/S2.S.2Sb/c1-2;;;. The second kappa shape index (κ2) is 16.3. The molecule has 5 heavy (non-hydrogen) atoms. The van der Waals surface area contributed by atoms with E-state index in [4.69, 9.17) is 0 Å². The van der Waals surface area contributed by atoms with Crippen LogP contribution in [0, 0.1) is 0 Å². The van der Waals surface area contributed by atoms with Crippen LogP contribution in [0.25, 0.3) is 0 Å². The third-order valence-electron chi connectivity index (χ3n) is 0. The van der Waals surface area contributed by atoms with E-state index >= 15 is 0 Å². The molecule has 0 nitrogen and oxygen atoms in total. The molecule has 0 saturated heterocycles. The zero-order chi connectivity index (χ0) is 4.71. The normalized spacial score (nSPS) is 3.20. The van der Waals surface area contributed by atoms with Gasteiger partial charge in [-0.2, -0.15) is 0 Å². The molecule has 0 heterocycles. The van der Waals surface area contributed by atoms with Crippen LogP contribution in [0.2, 0.25) is 0 Å². The molecule has 0 spiro atoms. The molecule has 0 aromatic heterocycles. The van der Waals surface area contributed by atoms with Gasteiger partial charge in [-0.25, -0.2) is 0 Å². The Kier molecular flexibility index (Phi) is 33.5. The van der Waals surface area contributed by atoms with Gasteiger partial charge in [-0.3, -0.25) is 0 Å². The molecule has 0 amide bonds. The predicted octanol–water partition coefficient (Wildman–Crippen LogP) is -0.118. The fourth-order valence-electron chi connectivity index (χ4n) is 0. The van der Waals surface area contributed by atoms with Crippen LogP contribution in [-0.4, -0.2) is 42.1 Å². The van der Waals surface area contributed by atoms with Crippen molar-refractivity contribution in [2.24, 2.45) is 0 Å². The van der Waals surface area contributed by atoms with E-state index in [-0.39, 0.29) is 0 Å². The molecule has 0 aliphatic heterocycles. The van der Waals surface area contributed by atoms with Gasteiger partial charge < -0.3 is 0 Å². The molecule has 0 bridgehead atoms. The summed E-state index contributed by atoms with van der Waals surface area (Å²) in [6.07, 6.45) is 0. The average Bonchev–Trinajstić information content (AvgIpc) is 1.46. The van der Waals surface area contributed by atoms with Gasteiger partial charge >= 0.3 is 69.4 Å². The quantitative estimate of drug-likeness (QED) is 0.565. The van der Waals surface area contributed by atoms with Crippen LogP contribution >= 0.6 is 9.19 Å². The Balaban J connectivity index is 0. The van der Waals surface area contributed by atoms with Crippen LogP contribution in [0.1, 0.15) is 0 Å². The van der Waals surface area contributed by atoms with Crippen molar-refractivity contribution >= 4 is 69.4 Å². The van der Waals surface area contributed by atoms with Crippen LogP contribution in [0.5, 0.6) is 0 Å². The van der Waals surface area contributed by atoms with Gasteiger partial charge in [-0.15, -0.1) is 0 Å². The SMILES string of the molecule is S=[S]=[Sb].[S]=[Sb]. The maximum atomic E-state index is 4.33. The Bertz CT molecular complexity index is 34.2. The first-order valence-corrected chi connectivity index (χ1v) is 8.85. The van der Waals surface area contributed by atoms with Gasteiger partial charge in [0.05, 0.1) is 0 Å². The molecule has 0 saturated carbocycles. The monoisotopic (exact) mass is 338 g/mol. The van der Waals surface area contributed by atoms with Gasteiger partial charge in [-0.05, 0) is 0 Å². The summed E-state index contributed by atoms with van der Waals surface area (Å²) < 4.78 is 0. The molecule has 0 rings (SSSR count). The van der Waals surface area contributed by atoms with Crippen molar-refractivity contribution in [3.63, 3.8) is 0 Å². The summed E-state index contributed by atoms with van der Waals surface area (Å²) >= 11 is 7.25. The first kappa shape index (κ1) is 10.3. The zero-order valence-corrected chi connectivity index (χ0v) is 9.67. The Labute approximate surface area is 68.1 Å². The Morgan fingerprint density at radius 3 is 1.40 bits per heavy atom. The van der Waals surface area contributed by atoms with Crippen molar-refractivity contribution < 1.29 is 0 Å². The molecule has 0 fully saturated rings. The summed E-state index contributed by atoms with van der Waals surface area (Å²) in [7, 11) is 4.13. The molecule has 28 valence electrons. The van der Waals surface area contributed by atoms with Crippen molar-refractivity contribution in [3.8, 4) is 0 Å². The molecule has 5 heteroatoms. The van der Waals surface area contributed by atoms with E-state index in [2.05, 4.69) is 20.4 Å². The van der Waals surface area contributed by atoms with Crippen LogP contribution in [0.15, 0.2) is 0 Å². The first-order chi connectivity index (χ1) is 2.41. The molecule has 0 aliphatic rings. The van der Waals surface area contributed by atoms with Crippen molar-refractivity contribution in [2.45, 2.75) is 0 Å². The van der Waals surface area contributed by atoms with Gasteiger partial charge in [-0.1, -0.05) is 0 Å². The summed E-state index contributed by atoms with van der Waals surface area (Å²) in [5.74, 6) is 0. The second-order valence-electron chi connectivity index (χ2n) is 0.0745. The van der Waals surface area contributed by atoms with E-state index in [1.54, 1.807) is 21.1 Å². The van der Waals surface area contributed by atoms with Crippen LogP contribution < -0.4 is 0 Å².